The molecule has 0 fully saturated rings. The van der Waals surface area contributed by atoms with E-state index in [1.54, 1.807) is 0 Å². The van der Waals surface area contributed by atoms with Crippen LogP contribution >= 0.6 is 0 Å². The summed E-state index contributed by atoms with van der Waals surface area (Å²) in [5.41, 5.74) is 2.87. The quantitative estimate of drug-likeness (QED) is 0.648. The van der Waals surface area contributed by atoms with E-state index in [2.05, 4.69) is 5.32 Å². The number of benzene rings is 2. The number of hydrogen-bond acceptors (Lipinski definition) is 5. The molecule has 2 aromatic carbocycles. The molecule has 30 heavy (non-hydrogen) atoms. The molecule has 2 rings (SSSR count). The molecule has 0 bridgehead atoms. The van der Waals surface area contributed by atoms with Crippen LogP contribution in [-0.4, -0.2) is 47.0 Å². The van der Waals surface area contributed by atoms with E-state index >= 15 is 0 Å². The molecule has 0 aliphatic rings. The lowest BCUT2D eigenvalue weighted by Crippen LogP contribution is -2.45. The van der Waals surface area contributed by atoms with Crippen molar-refractivity contribution in [3.05, 3.63) is 59.2 Å². The number of aromatic hydroxyl groups is 1. The Bertz CT molecular complexity index is 926. The molecule has 0 heterocycles. The summed E-state index contributed by atoms with van der Waals surface area (Å²) in [5, 5.41) is 12.3. The fraction of sp³-hybridized carbons (Fsp3) is 0.348. The van der Waals surface area contributed by atoms with Crippen molar-refractivity contribution in [3.63, 3.8) is 0 Å². The smallest absolute Gasteiger partial charge is 0.338 e. The first kappa shape index (κ1) is 22.9. The molecule has 0 radical (unpaired) electrons. The van der Waals surface area contributed by atoms with Crippen LogP contribution in [0.2, 0.25) is 0 Å². The van der Waals surface area contributed by atoms with Gasteiger partial charge < -0.3 is 20.1 Å². The molecule has 0 aliphatic heterocycles. The molecular formula is C23H28N2O5. The van der Waals surface area contributed by atoms with Gasteiger partial charge in [0.15, 0.2) is 6.61 Å². The summed E-state index contributed by atoms with van der Waals surface area (Å²) >= 11 is 0. The molecular weight excluding hydrogens is 384 g/mol. The van der Waals surface area contributed by atoms with Crippen LogP contribution in [0.4, 0.5) is 5.69 Å². The minimum atomic E-state index is -0.719. The first-order valence-corrected chi connectivity index (χ1v) is 9.84. The van der Waals surface area contributed by atoms with Crippen molar-refractivity contribution < 1.29 is 24.2 Å². The lowest BCUT2D eigenvalue weighted by Gasteiger charge is -2.28. The predicted molar refractivity (Wildman–Crippen MR) is 114 cm³/mol. The van der Waals surface area contributed by atoms with Gasteiger partial charge >= 0.3 is 5.97 Å². The summed E-state index contributed by atoms with van der Waals surface area (Å²) in [7, 11) is 0. The van der Waals surface area contributed by atoms with E-state index < -0.39 is 18.5 Å². The number of esters is 1. The van der Waals surface area contributed by atoms with Gasteiger partial charge in [-0.1, -0.05) is 25.1 Å². The van der Waals surface area contributed by atoms with Crippen molar-refractivity contribution in [2.24, 2.45) is 0 Å². The van der Waals surface area contributed by atoms with Gasteiger partial charge in [-0.2, -0.15) is 0 Å². The van der Waals surface area contributed by atoms with Crippen LogP contribution in [0.25, 0.3) is 0 Å². The van der Waals surface area contributed by atoms with Crippen LogP contribution in [0.1, 0.15) is 41.8 Å². The zero-order valence-electron chi connectivity index (χ0n) is 17.8. The van der Waals surface area contributed by atoms with Gasteiger partial charge in [0.25, 0.3) is 5.91 Å². The molecule has 0 spiro atoms. The Balaban J connectivity index is 2.01. The molecule has 0 aliphatic carbocycles. The highest BCUT2D eigenvalue weighted by molar-refractivity contribution is 5.96. The van der Waals surface area contributed by atoms with Crippen molar-refractivity contribution in [2.45, 2.75) is 40.2 Å². The Morgan fingerprint density at radius 2 is 1.83 bits per heavy atom. The van der Waals surface area contributed by atoms with Gasteiger partial charge in [-0.25, -0.2) is 4.79 Å². The number of nitrogens with one attached hydrogen (secondary N) is 1. The number of aryl methyl sites for hydroxylation is 1. The average molecular weight is 412 g/mol. The SMILES string of the molecule is CC[C@H](C)N(CC(=O)Nc1cccc(C)c1C)C(=O)COC(=O)c1cccc(O)c1. The Hall–Kier alpha value is -3.35. The fourth-order valence-corrected chi connectivity index (χ4v) is 2.87. The van der Waals surface area contributed by atoms with Crippen LogP contribution in [0.15, 0.2) is 42.5 Å². The lowest BCUT2D eigenvalue weighted by molar-refractivity contribution is -0.139. The summed E-state index contributed by atoms with van der Waals surface area (Å²) in [6, 6.07) is 11.1. The summed E-state index contributed by atoms with van der Waals surface area (Å²) in [4.78, 5) is 38.8. The van der Waals surface area contributed by atoms with Crippen molar-refractivity contribution >= 4 is 23.5 Å². The number of nitrogens with zero attached hydrogens (tertiary/aromatic N) is 1. The van der Waals surface area contributed by atoms with E-state index in [0.29, 0.717) is 12.1 Å². The van der Waals surface area contributed by atoms with Gasteiger partial charge in [0.2, 0.25) is 5.91 Å². The van der Waals surface area contributed by atoms with Gasteiger partial charge in [-0.05, 0) is 62.6 Å². The second kappa shape index (κ2) is 10.4. The number of phenols is 1. The van der Waals surface area contributed by atoms with Crippen molar-refractivity contribution in [2.75, 3.05) is 18.5 Å². The number of carbonyl (C=O) groups is 3. The molecule has 0 unspecified atom stereocenters. The summed E-state index contributed by atoms with van der Waals surface area (Å²) in [6.45, 7) is 6.98. The standard InChI is InChI=1S/C23H28N2O5/c1-5-16(3)25(13-21(27)24-20-11-6-8-15(2)17(20)4)22(28)14-30-23(29)18-9-7-10-19(26)12-18/h6-12,16,26H,5,13-14H2,1-4H3,(H,24,27)/t16-/m0/s1. The second-order valence-corrected chi connectivity index (χ2v) is 7.20. The fourth-order valence-electron chi connectivity index (χ4n) is 2.87. The Morgan fingerprint density at radius 1 is 1.13 bits per heavy atom. The third-order valence-corrected chi connectivity index (χ3v) is 5.04. The van der Waals surface area contributed by atoms with E-state index in [9.17, 15) is 19.5 Å². The van der Waals surface area contributed by atoms with Gasteiger partial charge in [-0.3, -0.25) is 9.59 Å². The van der Waals surface area contributed by atoms with E-state index in [4.69, 9.17) is 4.74 Å². The van der Waals surface area contributed by atoms with Crippen LogP contribution in [0.3, 0.4) is 0 Å². The zero-order valence-corrected chi connectivity index (χ0v) is 17.8. The molecule has 160 valence electrons. The van der Waals surface area contributed by atoms with E-state index in [1.165, 1.54) is 29.2 Å². The first-order chi connectivity index (χ1) is 14.2. The largest absolute Gasteiger partial charge is 0.508 e. The first-order valence-electron chi connectivity index (χ1n) is 9.84. The monoisotopic (exact) mass is 412 g/mol. The van der Waals surface area contributed by atoms with E-state index in [0.717, 1.165) is 11.1 Å². The number of hydrogen-bond donors (Lipinski definition) is 2. The van der Waals surface area contributed by atoms with Gasteiger partial charge in [-0.15, -0.1) is 0 Å². The maximum atomic E-state index is 12.7. The molecule has 7 heteroatoms. The van der Waals surface area contributed by atoms with Crippen LogP contribution in [0.5, 0.6) is 5.75 Å². The van der Waals surface area contributed by atoms with E-state index in [-0.39, 0.29) is 29.8 Å². The third kappa shape index (κ3) is 6.07. The lowest BCUT2D eigenvalue weighted by atomic mass is 10.1. The molecule has 0 saturated carbocycles. The zero-order chi connectivity index (χ0) is 22.3. The van der Waals surface area contributed by atoms with Crippen molar-refractivity contribution in [3.8, 4) is 5.75 Å². The molecule has 2 amide bonds. The normalized spacial score (nSPS) is 11.5. The summed E-state index contributed by atoms with van der Waals surface area (Å²) < 4.78 is 5.08. The highest BCUT2D eigenvalue weighted by atomic mass is 16.5. The van der Waals surface area contributed by atoms with Gasteiger partial charge in [0.1, 0.15) is 12.3 Å². The number of phenolic OH excluding ortho intramolecular Hbond substituents is 1. The van der Waals surface area contributed by atoms with Crippen molar-refractivity contribution in [1.29, 1.82) is 0 Å². The van der Waals surface area contributed by atoms with Crippen LogP contribution < -0.4 is 5.32 Å². The highest BCUT2D eigenvalue weighted by Gasteiger charge is 2.23. The maximum Gasteiger partial charge on any atom is 0.338 e. The molecule has 0 saturated heterocycles. The molecule has 0 aromatic heterocycles. The number of carbonyl (C=O) groups excluding carboxylic acids is 3. The minimum absolute atomic E-state index is 0.0693. The van der Waals surface area contributed by atoms with Crippen molar-refractivity contribution in [1.82, 2.24) is 4.90 Å². The summed E-state index contributed by atoms with van der Waals surface area (Å²) in [5.74, 6) is -1.58. The molecule has 1 atom stereocenters. The second-order valence-electron chi connectivity index (χ2n) is 7.20. The Labute approximate surface area is 176 Å². The highest BCUT2D eigenvalue weighted by Crippen LogP contribution is 2.18. The van der Waals surface area contributed by atoms with Gasteiger partial charge in [0.05, 0.1) is 5.56 Å². The number of amides is 2. The Kier molecular flexibility index (Phi) is 7.98. The van der Waals surface area contributed by atoms with E-state index in [1.807, 2.05) is 45.9 Å². The minimum Gasteiger partial charge on any atom is -0.508 e. The molecule has 2 aromatic rings. The number of anilines is 1. The number of ether oxygens (including phenoxy) is 1. The molecule has 7 nitrogen and oxygen atoms in total. The van der Waals surface area contributed by atoms with Crippen LogP contribution in [-0.2, 0) is 14.3 Å². The predicted octanol–water partition coefficient (Wildman–Crippen LogP) is 3.43. The van der Waals surface area contributed by atoms with Crippen LogP contribution in [0, 0.1) is 13.8 Å². The maximum absolute atomic E-state index is 12.7. The van der Waals surface area contributed by atoms with Gasteiger partial charge in [0, 0.05) is 11.7 Å². The Morgan fingerprint density at radius 3 is 2.50 bits per heavy atom. The average Bonchev–Trinajstić information content (AvgIpc) is 2.72. The topological polar surface area (TPSA) is 95.9 Å². The number of rotatable bonds is 8. The summed E-state index contributed by atoms with van der Waals surface area (Å²) in [6.07, 6.45) is 0.642. The third-order valence-electron chi connectivity index (χ3n) is 5.04. The molecule has 2 N–H and O–H groups in total.